The Hall–Kier alpha value is -2.41. The molecule has 0 saturated carbocycles. The van der Waals surface area contributed by atoms with Gasteiger partial charge in [0.2, 0.25) is 0 Å². The fourth-order valence-electron chi connectivity index (χ4n) is 3.28. The molecular formula is C23H27ClN4OS. The average Bonchev–Trinajstić information content (AvgIpc) is 2.67. The van der Waals surface area contributed by atoms with Crippen molar-refractivity contribution in [1.29, 1.82) is 0 Å². The van der Waals surface area contributed by atoms with Gasteiger partial charge in [0.15, 0.2) is 5.11 Å². The summed E-state index contributed by atoms with van der Waals surface area (Å²) in [4.78, 5) is 19.9. The zero-order valence-electron chi connectivity index (χ0n) is 17.5. The second-order valence-electron chi connectivity index (χ2n) is 7.73. The Morgan fingerprint density at radius 1 is 1.13 bits per heavy atom. The summed E-state index contributed by atoms with van der Waals surface area (Å²) < 4.78 is 0. The monoisotopic (exact) mass is 442 g/mol. The molecule has 0 fully saturated rings. The van der Waals surface area contributed by atoms with Crippen molar-refractivity contribution in [3.05, 3.63) is 75.0 Å². The van der Waals surface area contributed by atoms with Gasteiger partial charge in [-0.15, -0.1) is 0 Å². The summed E-state index contributed by atoms with van der Waals surface area (Å²) in [6.45, 7) is 4.11. The third-order valence-corrected chi connectivity index (χ3v) is 5.43. The number of aromatic nitrogens is 1. The van der Waals surface area contributed by atoms with Gasteiger partial charge < -0.3 is 20.1 Å². The standard InChI is InChI=1S/C23H27ClN4OS/c1-16-8-9-17-13-18(22(29)26-21(17)12-16)15-28(11-5-10-27(2)3)23(30)25-20-7-4-6-19(24)14-20/h4,6-9,12-14H,5,10-11,15H2,1-3H3,(H,25,30)(H,26,29). The van der Waals surface area contributed by atoms with Gasteiger partial charge in [-0.2, -0.15) is 0 Å². The lowest BCUT2D eigenvalue weighted by molar-refractivity contribution is 0.346. The molecule has 0 atom stereocenters. The minimum Gasteiger partial charge on any atom is -0.344 e. The van der Waals surface area contributed by atoms with Crippen molar-refractivity contribution >= 4 is 45.5 Å². The quantitative estimate of drug-likeness (QED) is 0.522. The summed E-state index contributed by atoms with van der Waals surface area (Å²) >= 11 is 11.8. The van der Waals surface area contributed by atoms with Gasteiger partial charge in [-0.25, -0.2) is 0 Å². The van der Waals surface area contributed by atoms with Crippen LogP contribution in [0.1, 0.15) is 17.5 Å². The number of aromatic amines is 1. The minimum absolute atomic E-state index is 0.0868. The van der Waals surface area contributed by atoms with Gasteiger partial charge in [0.1, 0.15) is 0 Å². The van der Waals surface area contributed by atoms with Crippen molar-refractivity contribution in [3.8, 4) is 0 Å². The molecule has 2 aromatic carbocycles. The summed E-state index contributed by atoms with van der Waals surface area (Å²) in [6.07, 6.45) is 0.926. The van der Waals surface area contributed by atoms with Crippen LogP contribution in [0.5, 0.6) is 0 Å². The van der Waals surface area contributed by atoms with Crippen LogP contribution in [-0.2, 0) is 6.54 Å². The largest absolute Gasteiger partial charge is 0.344 e. The predicted molar refractivity (Wildman–Crippen MR) is 131 cm³/mol. The molecule has 1 heterocycles. The lowest BCUT2D eigenvalue weighted by Crippen LogP contribution is -2.37. The van der Waals surface area contributed by atoms with Crippen LogP contribution in [0.25, 0.3) is 10.9 Å². The van der Waals surface area contributed by atoms with Gasteiger partial charge in [0.05, 0.1) is 6.54 Å². The van der Waals surface area contributed by atoms with E-state index in [0.29, 0.717) is 22.2 Å². The molecule has 0 aliphatic carbocycles. The Labute approximate surface area is 187 Å². The summed E-state index contributed by atoms with van der Waals surface area (Å²) in [5.74, 6) is 0. The van der Waals surface area contributed by atoms with Gasteiger partial charge >= 0.3 is 0 Å². The third-order valence-electron chi connectivity index (χ3n) is 4.84. The van der Waals surface area contributed by atoms with E-state index >= 15 is 0 Å². The van der Waals surface area contributed by atoms with Crippen molar-refractivity contribution < 1.29 is 0 Å². The highest BCUT2D eigenvalue weighted by molar-refractivity contribution is 7.80. The van der Waals surface area contributed by atoms with Crippen LogP contribution < -0.4 is 10.9 Å². The van der Waals surface area contributed by atoms with Crippen LogP contribution in [0, 0.1) is 6.92 Å². The van der Waals surface area contributed by atoms with Crippen molar-refractivity contribution in [1.82, 2.24) is 14.8 Å². The van der Waals surface area contributed by atoms with Crippen molar-refractivity contribution in [2.75, 3.05) is 32.5 Å². The van der Waals surface area contributed by atoms with Crippen LogP contribution in [0.15, 0.2) is 53.3 Å². The molecular weight excluding hydrogens is 416 g/mol. The lowest BCUT2D eigenvalue weighted by Gasteiger charge is -2.26. The summed E-state index contributed by atoms with van der Waals surface area (Å²) in [7, 11) is 4.09. The fourth-order valence-corrected chi connectivity index (χ4v) is 3.75. The Bertz CT molecular complexity index is 1100. The Kier molecular flexibility index (Phi) is 7.48. The minimum atomic E-state index is -0.0868. The van der Waals surface area contributed by atoms with Gasteiger partial charge in [0, 0.05) is 28.3 Å². The van der Waals surface area contributed by atoms with E-state index in [4.69, 9.17) is 23.8 Å². The summed E-state index contributed by atoms with van der Waals surface area (Å²) in [5.41, 5.74) is 3.39. The topological polar surface area (TPSA) is 51.4 Å². The number of anilines is 1. The highest BCUT2D eigenvalue weighted by atomic mass is 35.5. The number of rotatable bonds is 7. The first kappa shape index (κ1) is 22.3. The van der Waals surface area contributed by atoms with E-state index < -0.39 is 0 Å². The van der Waals surface area contributed by atoms with Gasteiger partial charge in [-0.1, -0.05) is 29.8 Å². The number of halogens is 1. The Morgan fingerprint density at radius 2 is 1.93 bits per heavy atom. The van der Waals surface area contributed by atoms with Crippen molar-refractivity contribution in [2.45, 2.75) is 19.9 Å². The number of benzene rings is 2. The van der Waals surface area contributed by atoms with E-state index in [1.165, 1.54) is 0 Å². The van der Waals surface area contributed by atoms with Crippen molar-refractivity contribution in [2.24, 2.45) is 0 Å². The van der Waals surface area contributed by atoms with Gasteiger partial charge in [-0.3, -0.25) is 4.79 Å². The number of thiocarbonyl (C=S) groups is 1. The SMILES string of the molecule is Cc1ccc2cc(CN(CCCN(C)C)C(=S)Nc3cccc(Cl)c3)c(=O)[nH]c2c1. The molecule has 0 spiro atoms. The molecule has 3 rings (SSSR count). The molecule has 7 heteroatoms. The first-order chi connectivity index (χ1) is 14.3. The third kappa shape index (κ3) is 6.05. The van der Waals surface area contributed by atoms with Crippen LogP contribution in [-0.4, -0.2) is 47.1 Å². The van der Waals surface area contributed by atoms with Crippen LogP contribution in [0.2, 0.25) is 5.02 Å². The van der Waals surface area contributed by atoms with Crippen molar-refractivity contribution in [3.63, 3.8) is 0 Å². The number of H-pyrrole nitrogens is 1. The van der Waals surface area contributed by atoms with Gasteiger partial charge in [-0.05, 0) is 87.5 Å². The summed E-state index contributed by atoms with van der Waals surface area (Å²) in [6, 6.07) is 15.5. The number of aryl methyl sites for hydroxylation is 1. The molecule has 2 N–H and O–H groups in total. The highest BCUT2D eigenvalue weighted by Gasteiger charge is 2.14. The number of hydrogen-bond acceptors (Lipinski definition) is 3. The second-order valence-corrected chi connectivity index (χ2v) is 8.56. The predicted octanol–water partition coefficient (Wildman–Crippen LogP) is 4.64. The van der Waals surface area contributed by atoms with Crippen LogP contribution in [0.3, 0.4) is 0 Å². The zero-order chi connectivity index (χ0) is 21.7. The molecule has 0 aliphatic heterocycles. The molecule has 0 saturated heterocycles. The lowest BCUT2D eigenvalue weighted by atomic mass is 10.1. The Balaban J connectivity index is 1.83. The molecule has 0 bridgehead atoms. The molecule has 0 radical (unpaired) electrons. The number of fused-ring (bicyclic) bond motifs is 1. The first-order valence-corrected chi connectivity index (χ1v) is 10.7. The zero-order valence-corrected chi connectivity index (χ0v) is 19.1. The first-order valence-electron chi connectivity index (χ1n) is 9.90. The summed E-state index contributed by atoms with van der Waals surface area (Å²) in [5, 5.41) is 5.47. The van der Waals surface area contributed by atoms with E-state index in [1.807, 2.05) is 74.4 Å². The molecule has 1 aromatic heterocycles. The molecule has 30 heavy (non-hydrogen) atoms. The molecule has 0 amide bonds. The fraction of sp³-hybridized carbons (Fsp3) is 0.304. The maximum absolute atomic E-state index is 12.7. The van der Waals surface area contributed by atoms with E-state index in [1.54, 1.807) is 0 Å². The molecule has 0 unspecified atom stereocenters. The molecule has 0 aliphatic rings. The smallest absolute Gasteiger partial charge is 0.253 e. The number of pyridine rings is 1. The average molecular weight is 443 g/mol. The van der Waals surface area contributed by atoms with Crippen LogP contribution in [0.4, 0.5) is 5.69 Å². The van der Waals surface area contributed by atoms with E-state index in [-0.39, 0.29) is 5.56 Å². The van der Waals surface area contributed by atoms with Crippen LogP contribution >= 0.6 is 23.8 Å². The molecule has 158 valence electrons. The van der Waals surface area contributed by atoms with E-state index in [9.17, 15) is 4.79 Å². The number of nitrogens with zero attached hydrogens (tertiary/aromatic N) is 2. The van der Waals surface area contributed by atoms with Gasteiger partial charge in [0.25, 0.3) is 5.56 Å². The number of hydrogen-bond donors (Lipinski definition) is 2. The molecule has 5 nitrogen and oxygen atoms in total. The normalized spacial score (nSPS) is 11.1. The Morgan fingerprint density at radius 3 is 2.67 bits per heavy atom. The number of nitrogens with one attached hydrogen (secondary N) is 2. The maximum atomic E-state index is 12.7. The van der Waals surface area contributed by atoms with E-state index in [2.05, 4.69) is 15.2 Å². The maximum Gasteiger partial charge on any atom is 0.253 e. The second kappa shape index (κ2) is 10.1. The highest BCUT2D eigenvalue weighted by Crippen LogP contribution is 2.17. The van der Waals surface area contributed by atoms with E-state index in [0.717, 1.165) is 41.7 Å². The molecule has 3 aromatic rings.